The van der Waals surface area contributed by atoms with Gasteiger partial charge < -0.3 is 24.6 Å². The third-order valence-corrected chi connectivity index (χ3v) is 6.91. The number of methoxy groups -OCH3 is 1. The highest BCUT2D eigenvalue weighted by Crippen LogP contribution is 2.44. The molecule has 0 bridgehead atoms. The molecule has 5 rings (SSSR count). The van der Waals surface area contributed by atoms with Crippen molar-refractivity contribution < 1.29 is 14.6 Å². The molecule has 2 aromatic heterocycles. The average Bonchev–Trinajstić information content (AvgIpc) is 3.39. The molecule has 0 spiro atoms. The first-order valence-electron chi connectivity index (χ1n) is 11.6. The number of anilines is 1. The molecule has 1 aliphatic rings. The third-order valence-electron chi connectivity index (χ3n) is 6.59. The Hall–Kier alpha value is -4.17. The number of rotatable bonds is 6. The number of aromatic carboxylic acids is 1. The van der Waals surface area contributed by atoms with Crippen molar-refractivity contribution in [2.75, 3.05) is 12.0 Å². The molecule has 0 amide bonds. The predicted molar refractivity (Wildman–Crippen MR) is 143 cm³/mol. The maximum absolute atomic E-state index is 11.3. The summed E-state index contributed by atoms with van der Waals surface area (Å²) in [5.74, 6) is -0.194. The van der Waals surface area contributed by atoms with Gasteiger partial charge in [-0.2, -0.15) is 0 Å². The van der Waals surface area contributed by atoms with Gasteiger partial charge in [-0.15, -0.1) is 0 Å². The van der Waals surface area contributed by atoms with E-state index in [0.717, 1.165) is 39.8 Å². The Kier molecular flexibility index (Phi) is 6.20. The van der Waals surface area contributed by atoms with Crippen LogP contribution in [0.2, 0.25) is 0 Å². The Labute approximate surface area is 215 Å². The van der Waals surface area contributed by atoms with Gasteiger partial charge >= 0.3 is 5.97 Å². The zero-order valence-corrected chi connectivity index (χ0v) is 21.0. The van der Waals surface area contributed by atoms with Crippen molar-refractivity contribution in [3.8, 4) is 11.4 Å². The third kappa shape index (κ3) is 4.09. The maximum atomic E-state index is 11.3. The molecule has 36 heavy (non-hydrogen) atoms. The topological polar surface area (TPSA) is 79.6 Å². The molecule has 0 unspecified atom stereocenters. The number of nitrogens with zero attached hydrogens (tertiary/aromatic N) is 3. The predicted octanol–water partition coefficient (Wildman–Crippen LogP) is 5.37. The van der Waals surface area contributed by atoms with Gasteiger partial charge in [0.2, 0.25) is 0 Å². The molecule has 3 heterocycles. The van der Waals surface area contributed by atoms with Gasteiger partial charge in [-0.3, -0.25) is 4.98 Å². The molecule has 7 nitrogen and oxygen atoms in total. The normalized spacial score (nSPS) is 17.2. The van der Waals surface area contributed by atoms with Crippen LogP contribution in [0.3, 0.4) is 0 Å². The largest absolute Gasteiger partial charge is 0.497 e. The number of hydrogen-bond acceptors (Lipinski definition) is 4. The first-order chi connectivity index (χ1) is 17.4. The van der Waals surface area contributed by atoms with Crippen molar-refractivity contribution in [3.63, 3.8) is 0 Å². The number of nitrogens with one attached hydrogen (secondary N) is 1. The first kappa shape index (κ1) is 23.6. The molecule has 1 aliphatic heterocycles. The van der Waals surface area contributed by atoms with Gasteiger partial charge in [0, 0.05) is 35.0 Å². The molecule has 2 atom stereocenters. The average molecular weight is 499 g/mol. The fraction of sp³-hybridized carbons (Fsp3) is 0.179. The second-order valence-corrected chi connectivity index (χ2v) is 9.10. The number of hydrogen-bond donors (Lipinski definition) is 2. The van der Waals surface area contributed by atoms with E-state index in [9.17, 15) is 9.90 Å². The summed E-state index contributed by atoms with van der Waals surface area (Å²) in [4.78, 5) is 18.1. The van der Waals surface area contributed by atoms with Crippen molar-refractivity contribution in [3.05, 3.63) is 107 Å². The van der Waals surface area contributed by atoms with Crippen LogP contribution >= 0.6 is 12.2 Å². The van der Waals surface area contributed by atoms with Crippen LogP contribution in [0.5, 0.6) is 5.75 Å². The van der Waals surface area contributed by atoms with E-state index in [2.05, 4.69) is 32.8 Å². The molecule has 0 radical (unpaired) electrons. The highest BCUT2D eigenvalue weighted by atomic mass is 32.1. The van der Waals surface area contributed by atoms with Crippen LogP contribution in [-0.2, 0) is 0 Å². The van der Waals surface area contributed by atoms with Crippen LogP contribution in [0.4, 0.5) is 5.69 Å². The van der Waals surface area contributed by atoms with E-state index in [1.807, 2.05) is 61.5 Å². The van der Waals surface area contributed by atoms with E-state index in [-0.39, 0.29) is 17.6 Å². The van der Waals surface area contributed by atoms with E-state index >= 15 is 0 Å². The number of aryl methyl sites for hydroxylation is 1. The molecular weight excluding hydrogens is 472 g/mol. The van der Waals surface area contributed by atoms with Crippen molar-refractivity contribution in [1.82, 2.24) is 14.9 Å². The Bertz CT molecular complexity index is 1430. The number of ether oxygens (including phenoxy) is 1. The van der Waals surface area contributed by atoms with E-state index in [1.165, 1.54) is 0 Å². The highest BCUT2D eigenvalue weighted by Gasteiger charge is 2.42. The molecule has 1 saturated heterocycles. The SMILES string of the molecule is COc1cccc(N2C(=S)N[C@@H](c3ccccn3)[C@H]2c2cc(C)n(-c3ccc(C(=O)O)cc3)c2C)c1. The smallest absolute Gasteiger partial charge is 0.335 e. The maximum Gasteiger partial charge on any atom is 0.335 e. The summed E-state index contributed by atoms with van der Waals surface area (Å²) < 4.78 is 7.63. The molecule has 1 fully saturated rings. The van der Waals surface area contributed by atoms with Crippen LogP contribution in [0, 0.1) is 13.8 Å². The van der Waals surface area contributed by atoms with Gasteiger partial charge in [0.25, 0.3) is 0 Å². The summed E-state index contributed by atoms with van der Waals surface area (Å²) in [6.45, 7) is 4.13. The number of benzene rings is 2. The van der Waals surface area contributed by atoms with Gasteiger partial charge in [-0.05, 0) is 86.2 Å². The minimum Gasteiger partial charge on any atom is -0.497 e. The highest BCUT2D eigenvalue weighted by molar-refractivity contribution is 7.80. The lowest BCUT2D eigenvalue weighted by Crippen LogP contribution is -2.29. The van der Waals surface area contributed by atoms with Crippen molar-refractivity contribution >= 4 is 29.0 Å². The molecule has 2 aromatic carbocycles. The fourth-order valence-corrected chi connectivity index (χ4v) is 5.29. The lowest BCUT2D eigenvalue weighted by molar-refractivity contribution is 0.0697. The molecule has 2 N–H and O–H groups in total. The second-order valence-electron chi connectivity index (χ2n) is 8.71. The molecular formula is C28H26N4O3S. The van der Waals surface area contributed by atoms with Crippen LogP contribution in [0.25, 0.3) is 5.69 Å². The summed E-state index contributed by atoms with van der Waals surface area (Å²) >= 11 is 5.86. The standard InChI is InChI=1S/C28H26N4O3S/c1-17-15-23(18(2)31(17)20-12-10-19(11-13-20)27(33)34)26-25(24-9-4-5-14-29-24)30-28(36)32(26)21-7-6-8-22(16-21)35-3/h4-16,25-26H,1-3H3,(H,30,36)(H,33,34)/t25-,26+/m0/s1. The summed E-state index contributed by atoms with van der Waals surface area (Å²) in [5, 5.41) is 13.4. The fourth-order valence-electron chi connectivity index (χ4n) is 4.95. The Morgan fingerprint density at radius 3 is 2.47 bits per heavy atom. The minimum absolute atomic E-state index is 0.169. The van der Waals surface area contributed by atoms with Crippen LogP contribution in [0.15, 0.2) is 79.0 Å². The van der Waals surface area contributed by atoms with Gasteiger partial charge in [-0.1, -0.05) is 12.1 Å². The Morgan fingerprint density at radius 1 is 1.03 bits per heavy atom. The zero-order chi connectivity index (χ0) is 25.4. The zero-order valence-electron chi connectivity index (χ0n) is 20.2. The number of pyridine rings is 1. The monoisotopic (exact) mass is 498 g/mol. The molecule has 0 aliphatic carbocycles. The van der Waals surface area contributed by atoms with E-state index in [4.69, 9.17) is 17.0 Å². The van der Waals surface area contributed by atoms with E-state index < -0.39 is 5.97 Å². The molecule has 4 aromatic rings. The van der Waals surface area contributed by atoms with Crippen molar-refractivity contribution in [1.29, 1.82) is 0 Å². The van der Waals surface area contributed by atoms with Crippen molar-refractivity contribution in [2.45, 2.75) is 25.9 Å². The van der Waals surface area contributed by atoms with E-state index in [1.54, 1.807) is 25.4 Å². The molecule has 8 heteroatoms. The van der Waals surface area contributed by atoms with Crippen LogP contribution in [-0.4, -0.2) is 32.8 Å². The summed E-state index contributed by atoms with van der Waals surface area (Å²) in [6.07, 6.45) is 1.79. The second kappa shape index (κ2) is 9.47. The summed E-state index contributed by atoms with van der Waals surface area (Å²) in [7, 11) is 1.65. The lowest BCUT2D eigenvalue weighted by atomic mass is 9.96. The first-order valence-corrected chi connectivity index (χ1v) is 12.0. The van der Waals surface area contributed by atoms with Crippen molar-refractivity contribution in [2.24, 2.45) is 0 Å². The van der Waals surface area contributed by atoms with Gasteiger partial charge in [-0.25, -0.2) is 4.79 Å². The number of carboxylic acids is 1. The van der Waals surface area contributed by atoms with Crippen LogP contribution < -0.4 is 15.0 Å². The van der Waals surface area contributed by atoms with Gasteiger partial charge in [0.05, 0.1) is 30.5 Å². The minimum atomic E-state index is -0.944. The number of thiocarbonyl (C=S) groups is 1. The van der Waals surface area contributed by atoms with Gasteiger partial charge in [0.15, 0.2) is 5.11 Å². The number of carbonyl (C=O) groups is 1. The lowest BCUT2D eigenvalue weighted by Gasteiger charge is -2.28. The van der Waals surface area contributed by atoms with Crippen LogP contribution in [0.1, 0.15) is 45.1 Å². The number of carboxylic acid groups (broad SMARTS) is 1. The molecule has 182 valence electrons. The number of aromatic nitrogens is 2. The summed E-state index contributed by atoms with van der Waals surface area (Å²) in [6, 6.07) is 22.5. The van der Waals surface area contributed by atoms with E-state index in [0.29, 0.717) is 5.11 Å². The Morgan fingerprint density at radius 2 is 1.81 bits per heavy atom. The van der Waals surface area contributed by atoms with Gasteiger partial charge in [0.1, 0.15) is 5.75 Å². The summed E-state index contributed by atoms with van der Waals surface area (Å²) in [5.41, 5.74) is 6.15. The quantitative estimate of drug-likeness (QED) is 0.346. The Balaban J connectivity index is 1.65. The molecule has 0 saturated carbocycles.